The van der Waals surface area contributed by atoms with Crippen LogP contribution in [0, 0.1) is 6.92 Å². The van der Waals surface area contributed by atoms with Crippen molar-refractivity contribution >= 4 is 17.3 Å². The number of nitrogen functional groups attached to an aromatic ring is 1. The van der Waals surface area contributed by atoms with Crippen molar-refractivity contribution in [2.75, 3.05) is 38.3 Å². The second kappa shape index (κ2) is 4.88. The fourth-order valence-corrected chi connectivity index (χ4v) is 1.45. The molecule has 0 aliphatic rings. The predicted octanol–water partition coefficient (Wildman–Crippen LogP) is 1.10. The Morgan fingerprint density at radius 2 is 1.88 bits per heavy atom. The number of hydrogen-bond acceptors (Lipinski definition) is 3. The molecule has 0 aromatic heterocycles. The maximum atomic E-state index is 11.5. The van der Waals surface area contributed by atoms with Crippen LogP contribution in [-0.2, 0) is 4.79 Å². The van der Waals surface area contributed by atoms with Crippen molar-refractivity contribution in [1.29, 1.82) is 0 Å². The molecule has 0 bridgehead atoms. The first-order chi connectivity index (χ1) is 7.40. The Kier molecular flexibility index (Phi) is 3.77. The van der Waals surface area contributed by atoms with E-state index in [0.29, 0.717) is 6.54 Å². The van der Waals surface area contributed by atoms with Gasteiger partial charge in [-0.25, -0.2) is 0 Å². The Balaban J connectivity index is 2.80. The van der Waals surface area contributed by atoms with Crippen LogP contribution in [0.5, 0.6) is 0 Å². The predicted molar refractivity (Wildman–Crippen MR) is 67.6 cm³/mol. The van der Waals surface area contributed by atoms with Crippen LogP contribution in [0.15, 0.2) is 18.2 Å². The van der Waals surface area contributed by atoms with Crippen molar-refractivity contribution in [2.24, 2.45) is 0 Å². The lowest BCUT2D eigenvalue weighted by atomic mass is 10.2. The van der Waals surface area contributed by atoms with E-state index in [2.05, 4.69) is 0 Å². The number of benzene rings is 1. The second-order valence-corrected chi connectivity index (χ2v) is 4.25. The molecule has 0 heterocycles. The summed E-state index contributed by atoms with van der Waals surface area (Å²) in [6.07, 6.45) is 0. The smallest absolute Gasteiger partial charge is 0.241 e. The van der Waals surface area contributed by atoms with Crippen LogP contribution in [0.1, 0.15) is 5.56 Å². The second-order valence-electron chi connectivity index (χ2n) is 4.25. The molecule has 1 aromatic rings. The zero-order chi connectivity index (χ0) is 12.3. The molecule has 0 radical (unpaired) electrons. The Morgan fingerprint density at radius 3 is 2.38 bits per heavy atom. The van der Waals surface area contributed by atoms with Crippen molar-refractivity contribution in [1.82, 2.24) is 4.90 Å². The van der Waals surface area contributed by atoms with Gasteiger partial charge in [-0.05, 0) is 30.7 Å². The third-order valence-electron chi connectivity index (χ3n) is 2.40. The number of anilines is 2. The van der Waals surface area contributed by atoms with Gasteiger partial charge < -0.3 is 15.5 Å². The normalized spacial score (nSPS) is 10.0. The number of rotatable bonds is 3. The highest BCUT2D eigenvalue weighted by molar-refractivity contribution is 5.81. The maximum Gasteiger partial charge on any atom is 0.241 e. The van der Waals surface area contributed by atoms with E-state index in [1.807, 2.05) is 37.1 Å². The van der Waals surface area contributed by atoms with Gasteiger partial charge in [-0.3, -0.25) is 4.79 Å². The molecule has 1 aromatic carbocycles. The van der Waals surface area contributed by atoms with Crippen LogP contribution in [0.4, 0.5) is 11.4 Å². The van der Waals surface area contributed by atoms with Crippen molar-refractivity contribution in [3.63, 3.8) is 0 Å². The number of likely N-dealkylation sites (N-methyl/N-ethyl adjacent to an activating group) is 2. The molecule has 0 aliphatic heterocycles. The summed E-state index contributed by atoms with van der Waals surface area (Å²) in [6.45, 7) is 2.34. The summed E-state index contributed by atoms with van der Waals surface area (Å²) in [5.41, 5.74) is 8.55. The molecule has 4 nitrogen and oxygen atoms in total. The van der Waals surface area contributed by atoms with E-state index in [0.717, 1.165) is 16.9 Å². The summed E-state index contributed by atoms with van der Waals surface area (Å²) in [5.74, 6) is 0.0718. The standard InChI is InChI=1S/C12H19N3O/c1-9-5-10(13)7-11(6-9)15(4)8-12(16)14(2)3/h5-7H,8,13H2,1-4H3. The van der Waals surface area contributed by atoms with Crippen molar-refractivity contribution in [2.45, 2.75) is 6.92 Å². The van der Waals surface area contributed by atoms with Gasteiger partial charge in [-0.15, -0.1) is 0 Å². The summed E-state index contributed by atoms with van der Waals surface area (Å²) in [7, 11) is 5.39. The zero-order valence-corrected chi connectivity index (χ0v) is 10.3. The first-order valence-corrected chi connectivity index (χ1v) is 5.18. The minimum Gasteiger partial charge on any atom is -0.399 e. The number of amides is 1. The molecular formula is C12H19N3O. The molecule has 16 heavy (non-hydrogen) atoms. The number of carbonyl (C=O) groups is 1. The Hall–Kier alpha value is -1.71. The minimum atomic E-state index is 0.0718. The lowest BCUT2D eigenvalue weighted by molar-refractivity contribution is -0.127. The largest absolute Gasteiger partial charge is 0.399 e. The molecule has 88 valence electrons. The lowest BCUT2D eigenvalue weighted by Gasteiger charge is -2.21. The highest BCUT2D eigenvalue weighted by Crippen LogP contribution is 2.19. The third-order valence-corrected chi connectivity index (χ3v) is 2.40. The van der Waals surface area contributed by atoms with E-state index in [4.69, 9.17) is 5.73 Å². The van der Waals surface area contributed by atoms with Crippen LogP contribution in [0.2, 0.25) is 0 Å². The van der Waals surface area contributed by atoms with Gasteiger partial charge in [0.1, 0.15) is 0 Å². The molecule has 0 unspecified atom stereocenters. The van der Waals surface area contributed by atoms with E-state index < -0.39 is 0 Å². The fraction of sp³-hybridized carbons (Fsp3) is 0.417. The van der Waals surface area contributed by atoms with Gasteiger partial charge in [0.25, 0.3) is 0 Å². The van der Waals surface area contributed by atoms with E-state index in [1.165, 1.54) is 0 Å². The molecule has 0 atom stereocenters. The number of carbonyl (C=O) groups excluding carboxylic acids is 1. The van der Waals surface area contributed by atoms with Crippen LogP contribution in [-0.4, -0.2) is 38.5 Å². The summed E-state index contributed by atoms with van der Waals surface area (Å²) in [5, 5.41) is 0. The SMILES string of the molecule is Cc1cc(N)cc(N(C)CC(=O)N(C)C)c1. The van der Waals surface area contributed by atoms with E-state index in [-0.39, 0.29) is 5.91 Å². The van der Waals surface area contributed by atoms with Crippen molar-refractivity contribution in [3.8, 4) is 0 Å². The third kappa shape index (κ3) is 3.15. The van der Waals surface area contributed by atoms with E-state index >= 15 is 0 Å². The van der Waals surface area contributed by atoms with Gasteiger partial charge in [-0.1, -0.05) is 0 Å². The molecule has 1 amide bonds. The first kappa shape index (κ1) is 12.4. The van der Waals surface area contributed by atoms with Crippen LogP contribution >= 0.6 is 0 Å². The molecular weight excluding hydrogens is 202 g/mol. The van der Waals surface area contributed by atoms with Crippen molar-refractivity contribution in [3.05, 3.63) is 23.8 Å². The number of aryl methyl sites for hydroxylation is 1. The van der Waals surface area contributed by atoms with Gasteiger partial charge in [0.05, 0.1) is 6.54 Å². The van der Waals surface area contributed by atoms with E-state index in [9.17, 15) is 4.79 Å². The molecule has 0 spiro atoms. The van der Waals surface area contributed by atoms with Gasteiger partial charge in [0, 0.05) is 32.5 Å². The summed E-state index contributed by atoms with van der Waals surface area (Å²) < 4.78 is 0. The number of nitrogens with two attached hydrogens (primary N) is 1. The van der Waals surface area contributed by atoms with Gasteiger partial charge >= 0.3 is 0 Å². The summed E-state index contributed by atoms with van der Waals surface area (Å²) >= 11 is 0. The van der Waals surface area contributed by atoms with Crippen LogP contribution in [0.3, 0.4) is 0 Å². The van der Waals surface area contributed by atoms with Gasteiger partial charge in [0.15, 0.2) is 0 Å². The number of nitrogens with zero attached hydrogens (tertiary/aromatic N) is 2. The number of hydrogen-bond donors (Lipinski definition) is 1. The Morgan fingerprint density at radius 1 is 1.25 bits per heavy atom. The molecule has 4 heteroatoms. The molecule has 1 rings (SSSR count). The highest BCUT2D eigenvalue weighted by Gasteiger charge is 2.09. The topological polar surface area (TPSA) is 49.6 Å². The lowest BCUT2D eigenvalue weighted by Crippen LogP contribution is -2.34. The zero-order valence-electron chi connectivity index (χ0n) is 10.3. The minimum absolute atomic E-state index is 0.0718. The Bertz CT molecular complexity index is 368. The van der Waals surface area contributed by atoms with Gasteiger partial charge in [0.2, 0.25) is 5.91 Å². The van der Waals surface area contributed by atoms with Gasteiger partial charge in [-0.2, -0.15) is 0 Å². The average Bonchev–Trinajstić information content (AvgIpc) is 2.15. The summed E-state index contributed by atoms with van der Waals surface area (Å²) in [6, 6.07) is 5.79. The monoisotopic (exact) mass is 221 g/mol. The molecule has 0 saturated carbocycles. The quantitative estimate of drug-likeness (QED) is 0.778. The molecule has 2 N–H and O–H groups in total. The van der Waals surface area contributed by atoms with Crippen LogP contribution in [0.25, 0.3) is 0 Å². The average molecular weight is 221 g/mol. The van der Waals surface area contributed by atoms with Crippen molar-refractivity contribution < 1.29 is 4.79 Å². The molecule has 0 saturated heterocycles. The first-order valence-electron chi connectivity index (χ1n) is 5.18. The summed E-state index contributed by atoms with van der Waals surface area (Å²) in [4.78, 5) is 15.0. The maximum absolute atomic E-state index is 11.5. The molecule has 0 aliphatic carbocycles. The van der Waals surface area contributed by atoms with Crippen LogP contribution < -0.4 is 10.6 Å². The highest BCUT2D eigenvalue weighted by atomic mass is 16.2. The fourth-order valence-electron chi connectivity index (χ4n) is 1.45. The van der Waals surface area contributed by atoms with E-state index in [1.54, 1.807) is 19.0 Å². The molecule has 0 fully saturated rings. The Labute approximate surface area is 96.6 Å².